The largest absolute Gasteiger partial charge is 0.493 e. The van der Waals surface area contributed by atoms with Crippen molar-refractivity contribution in [3.8, 4) is 17.2 Å². The maximum atomic E-state index is 12.6. The van der Waals surface area contributed by atoms with Gasteiger partial charge in [0.25, 0.3) is 0 Å². The number of hydrogen-bond donors (Lipinski definition) is 1. The van der Waals surface area contributed by atoms with Gasteiger partial charge in [-0.3, -0.25) is 4.79 Å². The predicted octanol–water partition coefficient (Wildman–Crippen LogP) is 4.93. The number of amides is 1. The highest BCUT2D eigenvalue weighted by Gasteiger charge is 2.31. The summed E-state index contributed by atoms with van der Waals surface area (Å²) in [6, 6.07) is 14.3. The Labute approximate surface area is 186 Å². The molecule has 1 amide bonds. The second-order valence-corrected chi connectivity index (χ2v) is 8.46. The maximum absolute atomic E-state index is 12.6. The molecular weight excluding hydrogens is 410 g/mol. The van der Waals surface area contributed by atoms with Crippen molar-refractivity contribution in [1.29, 1.82) is 0 Å². The quantitative estimate of drug-likeness (QED) is 0.593. The van der Waals surface area contributed by atoms with E-state index < -0.39 is 0 Å². The molecule has 162 valence electrons. The third kappa shape index (κ3) is 4.14. The first-order valence-electron chi connectivity index (χ1n) is 10.5. The summed E-state index contributed by atoms with van der Waals surface area (Å²) in [5.74, 6) is 2.46. The topological polar surface area (TPSA) is 65.4 Å². The normalized spacial score (nSPS) is 15.7. The van der Waals surface area contributed by atoms with Crippen molar-refractivity contribution in [1.82, 2.24) is 9.78 Å². The number of hydrogen-bond acceptors (Lipinski definition) is 5. The van der Waals surface area contributed by atoms with E-state index in [0.717, 1.165) is 34.7 Å². The molecule has 0 radical (unpaired) electrons. The van der Waals surface area contributed by atoms with Crippen molar-refractivity contribution in [3.63, 3.8) is 0 Å². The number of nitrogens with zero attached hydrogens (tertiary/aromatic N) is 2. The Morgan fingerprint density at radius 1 is 1.16 bits per heavy atom. The zero-order valence-electron chi connectivity index (χ0n) is 18.3. The fourth-order valence-electron chi connectivity index (χ4n) is 3.83. The number of methoxy groups -OCH3 is 1. The summed E-state index contributed by atoms with van der Waals surface area (Å²) in [6.45, 7) is 6.64. The Morgan fingerprint density at radius 3 is 2.61 bits per heavy atom. The number of carbonyl (C=O) groups excluding carboxylic acids is 1. The fraction of sp³-hybridized carbons (Fsp3) is 0.333. The minimum absolute atomic E-state index is 0.0296. The Kier molecular flexibility index (Phi) is 6.23. The zero-order chi connectivity index (χ0) is 22.0. The molecule has 2 heterocycles. The van der Waals surface area contributed by atoms with Gasteiger partial charge in [-0.05, 0) is 55.7 Å². The summed E-state index contributed by atoms with van der Waals surface area (Å²) in [7, 11) is 1.64. The van der Waals surface area contributed by atoms with Gasteiger partial charge >= 0.3 is 0 Å². The van der Waals surface area contributed by atoms with E-state index in [1.54, 1.807) is 18.9 Å². The minimum atomic E-state index is -0.0535. The summed E-state index contributed by atoms with van der Waals surface area (Å²) in [4.78, 5) is 12.6. The Hall–Kier alpha value is -2.93. The number of fused-ring (bicyclic) bond motifs is 1. The summed E-state index contributed by atoms with van der Waals surface area (Å²) >= 11 is 1.59. The van der Waals surface area contributed by atoms with Crippen LogP contribution in [0.5, 0.6) is 11.5 Å². The lowest BCUT2D eigenvalue weighted by Gasteiger charge is -2.18. The zero-order valence-corrected chi connectivity index (χ0v) is 19.1. The first kappa shape index (κ1) is 21.3. The van der Waals surface area contributed by atoms with E-state index in [9.17, 15) is 4.79 Å². The van der Waals surface area contributed by atoms with Crippen LogP contribution in [0, 0.1) is 6.92 Å². The fourth-order valence-corrected chi connectivity index (χ4v) is 5.01. The predicted molar refractivity (Wildman–Crippen MR) is 125 cm³/mol. The van der Waals surface area contributed by atoms with Gasteiger partial charge in [-0.2, -0.15) is 5.10 Å². The van der Waals surface area contributed by atoms with Gasteiger partial charge in [0.15, 0.2) is 11.5 Å². The molecule has 1 N–H and O–H groups in total. The van der Waals surface area contributed by atoms with Crippen LogP contribution in [0.4, 0.5) is 5.82 Å². The molecule has 1 aliphatic heterocycles. The lowest BCUT2D eigenvalue weighted by molar-refractivity contribution is -0.113. The molecule has 0 unspecified atom stereocenters. The lowest BCUT2D eigenvalue weighted by Crippen LogP contribution is -2.15. The monoisotopic (exact) mass is 437 g/mol. The van der Waals surface area contributed by atoms with Gasteiger partial charge in [-0.1, -0.05) is 25.1 Å². The number of aryl methyl sites for hydroxylation is 2. The van der Waals surface area contributed by atoms with E-state index >= 15 is 0 Å². The molecule has 0 spiro atoms. The third-order valence-electron chi connectivity index (χ3n) is 5.39. The number of ether oxygens (including phenoxy) is 2. The van der Waals surface area contributed by atoms with E-state index in [-0.39, 0.29) is 11.2 Å². The molecule has 1 aromatic heterocycles. The smallest absolute Gasteiger partial charge is 0.235 e. The van der Waals surface area contributed by atoms with Crippen molar-refractivity contribution in [2.75, 3.05) is 24.8 Å². The van der Waals surface area contributed by atoms with Crippen LogP contribution in [0.25, 0.3) is 5.69 Å². The summed E-state index contributed by atoms with van der Waals surface area (Å²) in [6.07, 6.45) is 0.978. The number of thioether (sulfide) groups is 1. The van der Waals surface area contributed by atoms with Gasteiger partial charge in [0.1, 0.15) is 5.82 Å². The van der Waals surface area contributed by atoms with Gasteiger partial charge in [-0.25, -0.2) is 4.68 Å². The molecular formula is C24H27N3O3S. The first-order valence-corrected chi connectivity index (χ1v) is 11.5. The van der Waals surface area contributed by atoms with E-state index in [1.807, 2.05) is 48.9 Å². The van der Waals surface area contributed by atoms with Crippen LogP contribution in [0.1, 0.15) is 41.5 Å². The van der Waals surface area contributed by atoms with E-state index in [0.29, 0.717) is 23.9 Å². The van der Waals surface area contributed by atoms with Crippen molar-refractivity contribution in [3.05, 3.63) is 64.8 Å². The molecule has 2 aromatic carbocycles. The number of anilines is 1. The first-order chi connectivity index (χ1) is 15.0. The molecule has 1 atom stereocenters. The van der Waals surface area contributed by atoms with Crippen LogP contribution >= 0.6 is 11.8 Å². The molecule has 1 aliphatic rings. The lowest BCUT2D eigenvalue weighted by atomic mass is 10.0. The number of nitrogens with one attached hydrogen (secondary N) is 1. The van der Waals surface area contributed by atoms with E-state index in [2.05, 4.69) is 24.4 Å². The van der Waals surface area contributed by atoms with Crippen molar-refractivity contribution < 1.29 is 14.3 Å². The highest BCUT2D eigenvalue weighted by atomic mass is 32.2. The molecule has 3 aromatic rings. The molecule has 6 nitrogen and oxygen atoms in total. The van der Waals surface area contributed by atoms with Crippen LogP contribution in [0.2, 0.25) is 0 Å². The van der Waals surface area contributed by atoms with Gasteiger partial charge in [0, 0.05) is 5.56 Å². The molecule has 7 heteroatoms. The number of benzene rings is 2. The number of aromatic nitrogens is 2. The van der Waals surface area contributed by atoms with Crippen LogP contribution in [-0.2, 0) is 11.2 Å². The molecule has 0 fully saturated rings. The third-order valence-corrected chi connectivity index (χ3v) is 6.66. The Morgan fingerprint density at radius 2 is 1.94 bits per heavy atom. The maximum Gasteiger partial charge on any atom is 0.235 e. The Balaban J connectivity index is 1.81. The van der Waals surface area contributed by atoms with E-state index in [1.165, 1.54) is 5.56 Å². The number of carbonyl (C=O) groups is 1. The van der Waals surface area contributed by atoms with Crippen LogP contribution in [0.15, 0.2) is 42.5 Å². The van der Waals surface area contributed by atoms with Crippen molar-refractivity contribution in [2.24, 2.45) is 0 Å². The second kappa shape index (κ2) is 9.06. The highest BCUT2D eigenvalue weighted by Crippen LogP contribution is 2.45. The van der Waals surface area contributed by atoms with Crippen LogP contribution < -0.4 is 14.8 Å². The van der Waals surface area contributed by atoms with Crippen LogP contribution in [-0.4, -0.2) is 35.2 Å². The van der Waals surface area contributed by atoms with Gasteiger partial charge in [-0.15, -0.1) is 11.8 Å². The van der Waals surface area contributed by atoms with Crippen molar-refractivity contribution >= 4 is 23.5 Å². The summed E-state index contributed by atoms with van der Waals surface area (Å²) < 4.78 is 13.1. The minimum Gasteiger partial charge on any atom is -0.493 e. The molecule has 31 heavy (non-hydrogen) atoms. The SMILES string of the molecule is CCOc1ccc([C@@H]2SCC(=O)Nc3c2c(C)nn3-c2ccc(CC)cc2)cc1OC. The second-order valence-electron chi connectivity index (χ2n) is 7.36. The molecule has 0 saturated heterocycles. The van der Waals surface area contributed by atoms with Gasteiger partial charge in [0.2, 0.25) is 5.91 Å². The average Bonchev–Trinajstić information content (AvgIpc) is 2.99. The molecule has 4 rings (SSSR count). The molecule has 0 aliphatic carbocycles. The van der Waals surface area contributed by atoms with Gasteiger partial charge < -0.3 is 14.8 Å². The molecule has 0 bridgehead atoms. The van der Waals surface area contributed by atoms with E-state index in [4.69, 9.17) is 14.6 Å². The van der Waals surface area contributed by atoms with Gasteiger partial charge in [0.05, 0.1) is 36.1 Å². The van der Waals surface area contributed by atoms with Crippen LogP contribution in [0.3, 0.4) is 0 Å². The number of rotatable bonds is 6. The van der Waals surface area contributed by atoms with Crippen molar-refractivity contribution in [2.45, 2.75) is 32.4 Å². The summed E-state index contributed by atoms with van der Waals surface area (Å²) in [5.41, 5.74) is 5.14. The molecule has 0 saturated carbocycles. The standard InChI is InChI=1S/C24H27N3O3S/c1-5-16-7-10-18(11-8-16)27-24-22(15(3)26-27)23(31-14-21(28)25-24)17-9-12-19(30-6-2)20(13-17)29-4/h7-13,23H,5-6,14H2,1-4H3,(H,25,28)/t23-/m0/s1. The highest BCUT2D eigenvalue weighted by molar-refractivity contribution is 8.00. The summed E-state index contributed by atoms with van der Waals surface area (Å²) in [5, 5.41) is 7.82. The average molecular weight is 438 g/mol. The Bertz CT molecular complexity index is 1090.